The fraction of sp³-hybridized carbons (Fsp3) is 0.438. The zero-order chi connectivity index (χ0) is 17.9. The van der Waals surface area contributed by atoms with Crippen LogP contribution in [-0.2, 0) is 10.2 Å². The molecule has 3 rings (SSSR count). The number of hydrogen-bond acceptors (Lipinski definition) is 6. The van der Waals surface area contributed by atoms with Crippen LogP contribution in [0.1, 0.15) is 24.5 Å². The summed E-state index contributed by atoms with van der Waals surface area (Å²) in [4.78, 5) is 12.9. The van der Waals surface area contributed by atoms with Crippen molar-refractivity contribution in [1.82, 2.24) is 23.6 Å². The fourth-order valence-corrected chi connectivity index (χ4v) is 3.97. The molecule has 3 heterocycles. The maximum atomic E-state index is 12.2. The second kappa shape index (κ2) is 7.42. The van der Waals surface area contributed by atoms with E-state index in [0.717, 1.165) is 18.5 Å². The van der Waals surface area contributed by atoms with Crippen LogP contribution < -0.4 is 5.32 Å². The Balaban J connectivity index is 1.67. The fourth-order valence-electron chi connectivity index (χ4n) is 2.84. The molecule has 9 heteroatoms. The van der Waals surface area contributed by atoms with E-state index in [4.69, 9.17) is 0 Å². The van der Waals surface area contributed by atoms with Gasteiger partial charge in [0.1, 0.15) is 5.82 Å². The Bertz CT molecular complexity index is 804. The van der Waals surface area contributed by atoms with Crippen LogP contribution >= 0.6 is 0 Å². The Kier molecular flexibility index (Phi) is 5.26. The number of nitrogens with one attached hydrogen (secondary N) is 1. The van der Waals surface area contributed by atoms with Crippen molar-refractivity contribution in [2.45, 2.75) is 18.8 Å². The smallest absolute Gasteiger partial charge is 0.281 e. The van der Waals surface area contributed by atoms with Gasteiger partial charge < -0.3 is 5.32 Å². The normalized spacial score (nSPS) is 16.9. The van der Waals surface area contributed by atoms with E-state index in [9.17, 15) is 8.42 Å². The van der Waals surface area contributed by atoms with Crippen LogP contribution in [0.25, 0.3) is 0 Å². The van der Waals surface area contributed by atoms with E-state index in [1.807, 2.05) is 18.2 Å². The maximum Gasteiger partial charge on any atom is 0.281 e. The van der Waals surface area contributed by atoms with Crippen LogP contribution in [0.5, 0.6) is 0 Å². The van der Waals surface area contributed by atoms with E-state index >= 15 is 0 Å². The van der Waals surface area contributed by atoms with Gasteiger partial charge in [0, 0.05) is 51.2 Å². The van der Waals surface area contributed by atoms with E-state index in [1.165, 1.54) is 8.61 Å². The minimum Gasteiger partial charge on any atom is -0.309 e. The summed E-state index contributed by atoms with van der Waals surface area (Å²) in [5.74, 6) is 1.43. The van der Waals surface area contributed by atoms with Crippen molar-refractivity contribution in [3.63, 3.8) is 0 Å². The predicted molar refractivity (Wildman–Crippen MR) is 95.7 cm³/mol. The minimum atomic E-state index is -3.34. The standard InChI is InChI=1S/C16H22N6O2S/c1-21(2)25(23,24)22-11-7-13(8-12-22)14-5-3-6-15(19-14)20-16-17-9-4-10-18-16/h3-6,9-10,13H,7-8,11-12H2,1-2H3,(H,17,18,19,20). The lowest BCUT2D eigenvalue weighted by Gasteiger charge is -2.32. The summed E-state index contributed by atoms with van der Waals surface area (Å²) in [6.45, 7) is 1.01. The molecule has 8 nitrogen and oxygen atoms in total. The quantitative estimate of drug-likeness (QED) is 0.869. The topological polar surface area (TPSA) is 91.3 Å². The SMILES string of the molecule is CN(C)S(=O)(=O)N1CCC(c2cccc(Nc3ncccn3)n2)CC1. The Labute approximate surface area is 148 Å². The molecule has 25 heavy (non-hydrogen) atoms. The van der Waals surface area contributed by atoms with Crippen LogP contribution in [0, 0.1) is 0 Å². The van der Waals surface area contributed by atoms with Crippen LogP contribution in [0.15, 0.2) is 36.7 Å². The van der Waals surface area contributed by atoms with Gasteiger partial charge in [0.05, 0.1) is 0 Å². The van der Waals surface area contributed by atoms with Gasteiger partial charge in [-0.1, -0.05) is 6.07 Å². The molecule has 0 amide bonds. The molecule has 1 N–H and O–H groups in total. The van der Waals surface area contributed by atoms with Gasteiger partial charge in [0.2, 0.25) is 5.95 Å². The molecular weight excluding hydrogens is 340 g/mol. The number of pyridine rings is 1. The van der Waals surface area contributed by atoms with Gasteiger partial charge in [-0.15, -0.1) is 0 Å². The molecule has 0 saturated carbocycles. The maximum absolute atomic E-state index is 12.2. The third kappa shape index (κ3) is 4.12. The highest BCUT2D eigenvalue weighted by Crippen LogP contribution is 2.29. The summed E-state index contributed by atoms with van der Waals surface area (Å²) < 4.78 is 27.2. The first kappa shape index (κ1) is 17.7. The van der Waals surface area contributed by atoms with E-state index < -0.39 is 10.2 Å². The summed E-state index contributed by atoms with van der Waals surface area (Å²) in [6, 6.07) is 7.55. The van der Waals surface area contributed by atoms with Crippen LogP contribution in [0.3, 0.4) is 0 Å². The number of nitrogens with zero attached hydrogens (tertiary/aromatic N) is 5. The molecule has 2 aromatic heterocycles. The largest absolute Gasteiger partial charge is 0.309 e. The van der Waals surface area contributed by atoms with Crippen molar-refractivity contribution in [2.24, 2.45) is 0 Å². The molecule has 0 bridgehead atoms. The lowest BCUT2D eigenvalue weighted by molar-refractivity contribution is 0.300. The number of anilines is 2. The van der Waals surface area contributed by atoms with Crippen LogP contribution in [0.2, 0.25) is 0 Å². The van der Waals surface area contributed by atoms with Crippen molar-refractivity contribution < 1.29 is 8.42 Å². The third-order valence-corrected chi connectivity index (χ3v) is 6.18. The molecule has 0 aliphatic carbocycles. The van der Waals surface area contributed by atoms with Gasteiger partial charge in [-0.3, -0.25) is 0 Å². The molecule has 0 radical (unpaired) electrons. The number of rotatable bonds is 5. The van der Waals surface area contributed by atoms with Crippen LogP contribution in [0.4, 0.5) is 11.8 Å². The van der Waals surface area contributed by atoms with Gasteiger partial charge in [0.25, 0.3) is 10.2 Å². The summed E-state index contributed by atoms with van der Waals surface area (Å²) in [5, 5.41) is 3.09. The number of aromatic nitrogens is 3. The lowest BCUT2D eigenvalue weighted by atomic mass is 9.94. The first-order chi connectivity index (χ1) is 12.0. The number of hydrogen-bond donors (Lipinski definition) is 1. The van der Waals surface area contributed by atoms with E-state index in [0.29, 0.717) is 24.9 Å². The molecule has 0 spiro atoms. The first-order valence-electron chi connectivity index (χ1n) is 8.15. The second-order valence-corrected chi connectivity index (χ2v) is 8.25. The molecule has 1 aliphatic rings. The first-order valence-corrected chi connectivity index (χ1v) is 9.55. The van der Waals surface area contributed by atoms with Gasteiger partial charge in [-0.05, 0) is 31.0 Å². The molecule has 1 fully saturated rings. The Morgan fingerprint density at radius 2 is 1.80 bits per heavy atom. The highest BCUT2D eigenvalue weighted by atomic mass is 32.2. The molecule has 0 atom stereocenters. The average molecular weight is 362 g/mol. The third-order valence-electron chi connectivity index (χ3n) is 4.24. The molecule has 0 aromatic carbocycles. The summed E-state index contributed by atoms with van der Waals surface area (Å²) in [7, 11) is -0.218. The number of piperidine rings is 1. The second-order valence-electron chi connectivity index (χ2n) is 6.11. The highest BCUT2D eigenvalue weighted by molar-refractivity contribution is 7.86. The van der Waals surface area contributed by atoms with Crippen molar-refractivity contribution in [3.05, 3.63) is 42.4 Å². The van der Waals surface area contributed by atoms with Crippen molar-refractivity contribution in [1.29, 1.82) is 0 Å². The van der Waals surface area contributed by atoms with E-state index in [1.54, 1.807) is 32.6 Å². The molecule has 1 aliphatic heterocycles. The average Bonchev–Trinajstić information content (AvgIpc) is 2.63. The van der Waals surface area contributed by atoms with E-state index in [-0.39, 0.29) is 5.92 Å². The predicted octanol–water partition coefficient (Wildman–Crippen LogP) is 1.60. The summed E-state index contributed by atoms with van der Waals surface area (Å²) >= 11 is 0. The van der Waals surface area contributed by atoms with Crippen molar-refractivity contribution in [3.8, 4) is 0 Å². The van der Waals surface area contributed by atoms with Gasteiger partial charge in [-0.25, -0.2) is 15.0 Å². The van der Waals surface area contributed by atoms with E-state index in [2.05, 4.69) is 20.3 Å². The minimum absolute atomic E-state index is 0.243. The van der Waals surface area contributed by atoms with Crippen LogP contribution in [-0.4, -0.2) is 59.2 Å². The Morgan fingerprint density at radius 1 is 1.12 bits per heavy atom. The summed E-state index contributed by atoms with van der Waals surface area (Å²) in [5.41, 5.74) is 0.961. The Hall–Kier alpha value is -2.10. The molecule has 2 aromatic rings. The van der Waals surface area contributed by atoms with Gasteiger partial charge in [0.15, 0.2) is 0 Å². The zero-order valence-corrected chi connectivity index (χ0v) is 15.1. The van der Waals surface area contributed by atoms with Gasteiger partial charge >= 0.3 is 0 Å². The zero-order valence-electron chi connectivity index (χ0n) is 14.3. The monoisotopic (exact) mass is 362 g/mol. The molecule has 0 unspecified atom stereocenters. The van der Waals surface area contributed by atoms with Crippen molar-refractivity contribution in [2.75, 3.05) is 32.5 Å². The Morgan fingerprint density at radius 3 is 2.44 bits per heavy atom. The molecule has 1 saturated heterocycles. The molecular formula is C16H22N6O2S. The molecule has 134 valence electrons. The van der Waals surface area contributed by atoms with Gasteiger partial charge in [-0.2, -0.15) is 17.0 Å². The van der Waals surface area contributed by atoms with Crippen molar-refractivity contribution >= 4 is 22.0 Å². The lowest BCUT2D eigenvalue weighted by Crippen LogP contribution is -2.44. The highest BCUT2D eigenvalue weighted by Gasteiger charge is 2.30. The summed E-state index contributed by atoms with van der Waals surface area (Å²) in [6.07, 6.45) is 4.84.